The van der Waals surface area contributed by atoms with Crippen LogP contribution in [0.4, 0.5) is 5.69 Å². The van der Waals surface area contributed by atoms with Gasteiger partial charge in [-0.05, 0) is 66.3 Å². The van der Waals surface area contributed by atoms with Crippen LogP contribution in [0.1, 0.15) is 25.2 Å². The third-order valence-electron chi connectivity index (χ3n) is 2.98. The Kier molecular flexibility index (Phi) is 4.15. The molecule has 0 aliphatic carbocycles. The van der Waals surface area contributed by atoms with E-state index in [4.69, 9.17) is 9.68 Å². The van der Waals surface area contributed by atoms with Gasteiger partial charge in [0.1, 0.15) is 5.76 Å². The normalized spacial score (nSPS) is 11.1. The Morgan fingerprint density at radius 3 is 2.42 bits per heavy atom. The summed E-state index contributed by atoms with van der Waals surface area (Å²) in [6.45, 7) is 4.49. The van der Waals surface area contributed by atoms with Crippen molar-refractivity contribution in [2.75, 3.05) is 5.32 Å². The number of nitrogens with zero attached hydrogens (tertiary/aromatic N) is 1. The molecule has 0 aliphatic heterocycles. The second-order valence-electron chi connectivity index (χ2n) is 4.87. The van der Waals surface area contributed by atoms with Crippen LogP contribution in [0.25, 0.3) is 0 Å². The summed E-state index contributed by atoms with van der Waals surface area (Å²) in [6.07, 6.45) is 0. The standard InChI is InChI=1S/C15H15IN2O/c1-15(2,10-17)11-3-5-12(6-4-11)18-9-13-7-8-14(16)19-13/h3-8,18H,9H2,1-2H3. The maximum Gasteiger partial charge on any atom is 0.164 e. The maximum absolute atomic E-state index is 9.09. The zero-order chi connectivity index (χ0) is 13.9. The van der Waals surface area contributed by atoms with Crippen LogP contribution < -0.4 is 5.32 Å². The predicted molar refractivity (Wildman–Crippen MR) is 83.8 cm³/mol. The number of rotatable bonds is 4. The van der Waals surface area contributed by atoms with E-state index in [1.807, 2.05) is 50.2 Å². The molecule has 1 aromatic heterocycles. The number of hydrogen-bond acceptors (Lipinski definition) is 3. The monoisotopic (exact) mass is 366 g/mol. The van der Waals surface area contributed by atoms with Gasteiger partial charge in [0.2, 0.25) is 0 Å². The summed E-state index contributed by atoms with van der Waals surface area (Å²) < 4.78 is 6.37. The van der Waals surface area contributed by atoms with E-state index >= 15 is 0 Å². The minimum atomic E-state index is -0.449. The van der Waals surface area contributed by atoms with Crippen molar-refractivity contribution < 1.29 is 4.42 Å². The Balaban J connectivity index is 2.02. The van der Waals surface area contributed by atoms with Crippen LogP contribution in [0.15, 0.2) is 40.8 Å². The van der Waals surface area contributed by atoms with Crippen molar-refractivity contribution in [3.05, 3.63) is 51.5 Å². The van der Waals surface area contributed by atoms with E-state index in [0.29, 0.717) is 6.54 Å². The molecule has 0 radical (unpaired) electrons. The highest BCUT2D eigenvalue weighted by Crippen LogP contribution is 2.23. The van der Waals surface area contributed by atoms with Crippen molar-refractivity contribution in [2.45, 2.75) is 25.8 Å². The lowest BCUT2D eigenvalue weighted by atomic mass is 9.86. The third kappa shape index (κ3) is 3.51. The van der Waals surface area contributed by atoms with E-state index in [2.05, 4.69) is 34.0 Å². The molecule has 1 N–H and O–H groups in total. The third-order valence-corrected chi connectivity index (χ3v) is 3.56. The first kappa shape index (κ1) is 13.9. The van der Waals surface area contributed by atoms with E-state index in [0.717, 1.165) is 20.8 Å². The lowest BCUT2D eigenvalue weighted by Crippen LogP contribution is -2.13. The van der Waals surface area contributed by atoms with E-state index in [1.165, 1.54) is 0 Å². The number of furan rings is 1. The number of nitrogens with one attached hydrogen (secondary N) is 1. The predicted octanol–water partition coefficient (Wildman–Crippen LogP) is 4.30. The zero-order valence-corrected chi connectivity index (χ0v) is 13.1. The molecular weight excluding hydrogens is 351 g/mol. The van der Waals surface area contributed by atoms with Crippen LogP contribution >= 0.6 is 22.6 Å². The van der Waals surface area contributed by atoms with Crippen LogP contribution in [0.5, 0.6) is 0 Å². The van der Waals surface area contributed by atoms with E-state index < -0.39 is 5.41 Å². The molecule has 1 heterocycles. The molecule has 0 amide bonds. The maximum atomic E-state index is 9.09. The average molecular weight is 366 g/mol. The molecule has 3 nitrogen and oxygen atoms in total. The summed E-state index contributed by atoms with van der Waals surface area (Å²) >= 11 is 2.15. The Morgan fingerprint density at radius 2 is 1.89 bits per heavy atom. The number of benzene rings is 1. The first-order valence-electron chi connectivity index (χ1n) is 6.01. The number of anilines is 1. The van der Waals surface area contributed by atoms with E-state index in [-0.39, 0.29) is 0 Å². The summed E-state index contributed by atoms with van der Waals surface area (Å²) in [4.78, 5) is 0. The van der Waals surface area contributed by atoms with Crippen molar-refractivity contribution >= 4 is 28.3 Å². The summed E-state index contributed by atoms with van der Waals surface area (Å²) in [5.74, 6) is 0.908. The molecule has 19 heavy (non-hydrogen) atoms. The van der Waals surface area contributed by atoms with E-state index in [9.17, 15) is 0 Å². The highest BCUT2D eigenvalue weighted by molar-refractivity contribution is 14.1. The van der Waals surface area contributed by atoms with Gasteiger partial charge in [0.15, 0.2) is 3.77 Å². The largest absolute Gasteiger partial charge is 0.454 e. The minimum absolute atomic E-state index is 0.449. The van der Waals surface area contributed by atoms with Gasteiger partial charge in [-0.2, -0.15) is 5.26 Å². The van der Waals surface area contributed by atoms with Crippen LogP contribution in [0.3, 0.4) is 0 Å². The zero-order valence-electron chi connectivity index (χ0n) is 10.9. The fourth-order valence-corrected chi connectivity index (χ4v) is 2.17. The highest BCUT2D eigenvalue weighted by atomic mass is 127. The number of hydrogen-bond donors (Lipinski definition) is 1. The van der Waals surface area contributed by atoms with Gasteiger partial charge in [-0.3, -0.25) is 0 Å². The molecule has 0 fully saturated rings. The van der Waals surface area contributed by atoms with Crippen molar-refractivity contribution in [3.63, 3.8) is 0 Å². The molecule has 0 saturated heterocycles. The molecule has 98 valence electrons. The molecule has 0 spiro atoms. The topological polar surface area (TPSA) is 49.0 Å². The van der Waals surface area contributed by atoms with E-state index in [1.54, 1.807) is 0 Å². The lowest BCUT2D eigenvalue weighted by Gasteiger charge is -2.16. The van der Waals surface area contributed by atoms with Crippen LogP contribution in [-0.4, -0.2) is 0 Å². The Hall–Kier alpha value is -1.48. The van der Waals surface area contributed by atoms with Crippen molar-refractivity contribution in [1.29, 1.82) is 5.26 Å². The molecule has 4 heteroatoms. The molecule has 1 aromatic carbocycles. The molecule has 2 aromatic rings. The smallest absolute Gasteiger partial charge is 0.164 e. The Bertz CT molecular complexity index is 593. The first-order chi connectivity index (χ1) is 9.01. The summed E-state index contributed by atoms with van der Waals surface area (Å²) in [7, 11) is 0. The molecule has 0 unspecified atom stereocenters. The Labute approximate surface area is 126 Å². The van der Waals surface area contributed by atoms with Gasteiger partial charge in [0.25, 0.3) is 0 Å². The fraction of sp³-hybridized carbons (Fsp3) is 0.267. The molecular formula is C15H15IN2O. The fourth-order valence-electron chi connectivity index (χ4n) is 1.71. The molecule has 0 atom stereocenters. The van der Waals surface area contributed by atoms with Gasteiger partial charge in [-0.1, -0.05) is 12.1 Å². The van der Waals surface area contributed by atoms with Crippen molar-refractivity contribution in [3.8, 4) is 6.07 Å². The molecule has 0 bridgehead atoms. The molecule has 0 saturated carbocycles. The quantitative estimate of drug-likeness (QED) is 0.821. The van der Waals surface area contributed by atoms with Crippen molar-refractivity contribution in [2.24, 2.45) is 0 Å². The van der Waals surface area contributed by atoms with Crippen LogP contribution in [0.2, 0.25) is 0 Å². The number of halogens is 1. The SMILES string of the molecule is CC(C)(C#N)c1ccc(NCc2ccc(I)o2)cc1. The lowest BCUT2D eigenvalue weighted by molar-refractivity contribution is 0.493. The van der Waals surface area contributed by atoms with Gasteiger partial charge in [-0.15, -0.1) is 0 Å². The average Bonchev–Trinajstić information content (AvgIpc) is 2.83. The minimum Gasteiger partial charge on any atom is -0.454 e. The van der Waals surface area contributed by atoms with Crippen molar-refractivity contribution in [1.82, 2.24) is 0 Å². The second kappa shape index (κ2) is 5.66. The number of nitriles is 1. The second-order valence-corrected chi connectivity index (χ2v) is 5.94. The van der Waals surface area contributed by atoms with Gasteiger partial charge < -0.3 is 9.73 Å². The summed E-state index contributed by atoms with van der Waals surface area (Å²) in [5.41, 5.74) is 1.59. The highest BCUT2D eigenvalue weighted by Gasteiger charge is 2.18. The Morgan fingerprint density at radius 1 is 1.21 bits per heavy atom. The van der Waals surface area contributed by atoms with Gasteiger partial charge >= 0.3 is 0 Å². The molecule has 0 aliphatic rings. The van der Waals surface area contributed by atoms with Crippen LogP contribution in [-0.2, 0) is 12.0 Å². The van der Waals surface area contributed by atoms with Gasteiger partial charge in [0.05, 0.1) is 18.0 Å². The summed E-state index contributed by atoms with van der Waals surface area (Å²) in [6, 6.07) is 14.1. The van der Waals surface area contributed by atoms with Gasteiger partial charge in [-0.25, -0.2) is 0 Å². The van der Waals surface area contributed by atoms with Crippen LogP contribution in [0, 0.1) is 15.1 Å². The molecule has 2 rings (SSSR count). The first-order valence-corrected chi connectivity index (χ1v) is 7.09. The summed E-state index contributed by atoms with van der Waals surface area (Å²) in [5, 5.41) is 12.4. The van der Waals surface area contributed by atoms with Gasteiger partial charge in [0, 0.05) is 5.69 Å².